The Morgan fingerprint density at radius 1 is 0.767 bits per heavy atom. The van der Waals surface area contributed by atoms with Crippen molar-refractivity contribution in [3.8, 4) is 0 Å². The minimum absolute atomic E-state index is 0.0381. The molecule has 0 aliphatic rings. The fourth-order valence-corrected chi connectivity index (χ4v) is 3.03. The average molecular weight is 412 g/mol. The molecule has 0 aliphatic carbocycles. The van der Waals surface area contributed by atoms with Gasteiger partial charge in [-0.15, -0.1) is 0 Å². The predicted octanol–water partition coefficient (Wildman–Crippen LogP) is 1.47. The Hall–Kier alpha value is -4.28. The molecule has 0 bridgehead atoms. The van der Waals surface area contributed by atoms with E-state index in [4.69, 9.17) is 5.11 Å². The molecule has 0 aromatic carbocycles. The summed E-state index contributed by atoms with van der Waals surface area (Å²) in [5.41, 5.74) is 1.84. The highest BCUT2D eigenvalue weighted by Gasteiger charge is 2.18. The summed E-state index contributed by atoms with van der Waals surface area (Å²) >= 11 is 0. The van der Waals surface area contributed by atoms with Gasteiger partial charge in [0.15, 0.2) is 0 Å². The third-order valence-corrected chi connectivity index (χ3v) is 4.44. The molecule has 3 rings (SSSR count). The molecular formula is C19H20N6O5. The summed E-state index contributed by atoms with van der Waals surface area (Å²) in [6.07, 6.45) is 5.19. The van der Waals surface area contributed by atoms with Crippen molar-refractivity contribution in [3.05, 3.63) is 53.9 Å². The molecule has 0 spiro atoms. The van der Waals surface area contributed by atoms with Crippen molar-refractivity contribution in [3.63, 3.8) is 0 Å². The van der Waals surface area contributed by atoms with Crippen LogP contribution in [0.3, 0.4) is 0 Å². The van der Waals surface area contributed by atoms with E-state index in [1.807, 2.05) is 0 Å². The lowest BCUT2D eigenvalue weighted by atomic mass is 10.3. The first kappa shape index (κ1) is 20.5. The zero-order chi connectivity index (χ0) is 22.0. The lowest BCUT2D eigenvalue weighted by Crippen LogP contribution is -2.15. The van der Waals surface area contributed by atoms with Crippen LogP contribution in [0.4, 0.5) is 17.1 Å². The lowest BCUT2D eigenvalue weighted by Gasteiger charge is -2.03. The van der Waals surface area contributed by atoms with Crippen LogP contribution in [-0.4, -0.2) is 43.0 Å². The van der Waals surface area contributed by atoms with Gasteiger partial charge in [0.05, 0.1) is 17.1 Å². The molecule has 0 atom stereocenters. The van der Waals surface area contributed by atoms with E-state index in [2.05, 4.69) is 16.0 Å². The summed E-state index contributed by atoms with van der Waals surface area (Å²) < 4.78 is 4.49. The summed E-state index contributed by atoms with van der Waals surface area (Å²) in [5, 5.41) is 16.9. The average Bonchev–Trinajstić information content (AvgIpc) is 3.32. The summed E-state index contributed by atoms with van der Waals surface area (Å²) in [7, 11) is 4.88. The fraction of sp³-hybridized carbons (Fsp3) is 0.158. The van der Waals surface area contributed by atoms with Crippen LogP contribution in [0.2, 0.25) is 0 Å². The molecule has 4 N–H and O–H groups in total. The van der Waals surface area contributed by atoms with Gasteiger partial charge in [-0.3, -0.25) is 14.4 Å². The fourth-order valence-electron chi connectivity index (χ4n) is 3.03. The molecule has 0 unspecified atom stereocenters. The molecule has 11 nitrogen and oxygen atoms in total. The van der Waals surface area contributed by atoms with E-state index in [-0.39, 0.29) is 11.4 Å². The molecule has 11 heteroatoms. The number of carboxylic acid groups (broad SMARTS) is 1. The largest absolute Gasteiger partial charge is 0.477 e. The highest BCUT2D eigenvalue weighted by atomic mass is 16.4. The van der Waals surface area contributed by atoms with Crippen LogP contribution < -0.4 is 16.0 Å². The van der Waals surface area contributed by atoms with Gasteiger partial charge in [0, 0.05) is 39.7 Å². The Balaban J connectivity index is 1.74. The smallest absolute Gasteiger partial charge is 0.352 e. The normalized spacial score (nSPS) is 10.5. The molecule has 0 fully saturated rings. The molecule has 3 aromatic heterocycles. The van der Waals surface area contributed by atoms with E-state index in [0.29, 0.717) is 29.2 Å². The molecule has 0 saturated heterocycles. The number of nitrogens with one attached hydrogen (secondary N) is 3. The first-order valence-corrected chi connectivity index (χ1v) is 8.75. The van der Waals surface area contributed by atoms with E-state index in [1.54, 1.807) is 38.1 Å². The van der Waals surface area contributed by atoms with Gasteiger partial charge >= 0.3 is 5.97 Å². The Bertz CT molecular complexity index is 1150. The molecule has 156 valence electrons. The van der Waals surface area contributed by atoms with Crippen LogP contribution in [0.25, 0.3) is 0 Å². The SMILES string of the molecule is Cn1cc(NC(=O)c2cc(NC(=O)c3cc(NC=O)cn3C)cn2C)cc1C(=O)O. The van der Waals surface area contributed by atoms with Gasteiger partial charge < -0.3 is 34.8 Å². The number of anilines is 3. The minimum atomic E-state index is -1.10. The van der Waals surface area contributed by atoms with Crippen molar-refractivity contribution >= 4 is 41.3 Å². The second-order valence-electron chi connectivity index (χ2n) is 6.65. The molecule has 3 heterocycles. The minimum Gasteiger partial charge on any atom is -0.477 e. The zero-order valence-electron chi connectivity index (χ0n) is 16.5. The molecule has 0 radical (unpaired) electrons. The van der Waals surface area contributed by atoms with Crippen molar-refractivity contribution in [2.24, 2.45) is 21.1 Å². The van der Waals surface area contributed by atoms with Gasteiger partial charge in [-0.05, 0) is 18.2 Å². The number of rotatable bonds is 7. The topological polar surface area (TPSA) is 139 Å². The Kier molecular flexibility index (Phi) is 5.45. The number of carboxylic acids is 1. The van der Waals surface area contributed by atoms with E-state index in [9.17, 15) is 19.2 Å². The van der Waals surface area contributed by atoms with E-state index in [1.165, 1.54) is 33.5 Å². The maximum absolute atomic E-state index is 12.6. The number of aryl methyl sites for hydroxylation is 3. The highest BCUT2D eigenvalue weighted by molar-refractivity contribution is 6.07. The van der Waals surface area contributed by atoms with E-state index >= 15 is 0 Å². The number of hydrogen-bond donors (Lipinski definition) is 4. The zero-order valence-corrected chi connectivity index (χ0v) is 16.5. The molecule has 30 heavy (non-hydrogen) atoms. The second kappa shape index (κ2) is 7.99. The molecule has 0 aliphatic heterocycles. The third-order valence-electron chi connectivity index (χ3n) is 4.44. The standard InChI is InChI=1S/C19H20N6O5/c1-23-7-11(20-10-26)4-14(23)17(27)21-12-5-15(24(2)8-12)18(28)22-13-6-16(19(29)30)25(3)9-13/h4-10H,1-3H3,(H,20,26)(H,21,27)(H,22,28)(H,29,30). The summed E-state index contributed by atoms with van der Waals surface area (Å²) in [6.45, 7) is 0. The molecule has 3 aromatic rings. The van der Waals surface area contributed by atoms with Crippen LogP contribution in [0.15, 0.2) is 36.8 Å². The number of carbonyl (C=O) groups is 4. The molecule has 0 saturated carbocycles. The first-order valence-electron chi connectivity index (χ1n) is 8.75. The third kappa shape index (κ3) is 4.09. The van der Waals surface area contributed by atoms with Crippen LogP contribution >= 0.6 is 0 Å². The second-order valence-corrected chi connectivity index (χ2v) is 6.65. The number of amides is 3. The summed E-state index contributed by atoms with van der Waals surface area (Å²) in [6, 6.07) is 4.38. The Morgan fingerprint density at radius 3 is 1.60 bits per heavy atom. The first-order chi connectivity index (χ1) is 14.2. The summed E-state index contributed by atoms with van der Waals surface area (Å²) in [5.74, 6) is -1.98. The Labute approximate surface area is 170 Å². The van der Waals surface area contributed by atoms with Gasteiger partial charge in [-0.2, -0.15) is 0 Å². The quantitative estimate of drug-likeness (QED) is 0.435. The molecule has 3 amide bonds. The number of carbonyl (C=O) groups excluding carboxylic acids is 3. The van der Waals surface area contributed by atoms with Gasteiger partial charge in [-0.25, -0.2) is 4.79 Å². The van der Waals surface area contributed by atoms with Crippen LogP contribution in [0, 0.1) is 0 Å². The van der Waals surface area contributed by atoms with Crippen molar-refractivity contribution in [1.82, 2.24) is 13.7 Å². The predicted molar refractivity (Wildman–Crippen MR) is 109 cm³/mol. The van der Waals surface area contributed by atoms with Crippen molar-refractivity contribution < 1.29 is 24.3 Å². The van der Waals surface area contributed by atoms with Gasteiger partial charge in [0.1, 0.15) is 17.1 Å². The maximum atomic E-state index is 12.6. The van der Waals surface area contributed by atoms with Gasteiger partial charge in [-0.1, -0.05) is 0 Å². The van der Waals surface area contributed by atoms with Crippen LogP contribution in [-0.2, 0) is 25.9 Å². The highest BCUT2D eigenvalue weighted by Crippen LogP contribution is 2.19. The van der Waals surface area contributed by atoms with Gasteiger partial charge in [0.25, 0.3) is 11.8 Å². The van der Waals surface area contributed by atoms with Gasteiger partial charge in [0.2, 0.25) is 6.41 Å². The number of aromatic nitrogens is 3. The molecular weight excluding hydrogens is 392 g/mol. The monoisotopic (exact) mass is 412 g/mol. The number of nitrogens with zero attached hydrogens (tertiary/aromatic N) is 3. The van der Waals surface area contributed by atoms with E-state index < -0.39 is 17.8 Å². The van der Waals surface area contributed by atoms with Crippen LogP contribution in [0.5, 0.6) is 0 Å². The lowest BCUT2D eigenvalue weighted by molar-refractivity contribution is -0.105. The summed E-state index contributed by atoms with van der Waals surface area (Å²) in [4.78, 5) is 46.8. The van der Waals surface area contributed by atoms with Crippen molar-refractivity contribution in [2.45, 2.75) is 0 Å². The van der Waals surface area contributed by atoms with Crippen LogP contribution in [0.1, 0.15) is 31.5 Å². The van der Waals surface area contributed by atoms with Crippen molar-refractivity contribution in [1.29, 1.82) is 0 Å². The van der Waals surface area contributed by atoms with E-state index in [0.717, 1.165) is 0 Å². The Morgan fingerprint density at radius 2 is 1.17 bits per heavy atom. The maximum Gasteiger partial charge on any atom is 0.352 e. The number of hydrogen-bond acceptors (Lipinski definition) is 4. The van der Waals surface area contributed by atoms with Crippen molar-refractivity contribution in [2.75, 3.05) is 16.0 Å². The number of aromatic carboxylic acids is 1.